The number of allylic oxidation sites excluding steroid dienone is 2. The molecule has 0 heterocycles. The first kappa shape index (κ1) is 24.5. The summed E-state index contributed by atoms with van der Waals surface area (Å²) in [6.07, 6.45) is 4.64. The van der Waals surface area contributed by atoms with E-state index in [4.69, 9.17) is 0 Å². The van der Waals surface area contributed by atoms with Crippen LogP contribution in [0.3, 0.4) is 0 Å². The molecule has 0 nitrogen and oxygen atoms in total. The Morgan fingerprint density at radius 3 is 1.70 bits per heavy atom. The normalized spacial score (nSPS) is 23.5. The van der Waals surface area contributed by atoms with Crippen LogP contribution in [0.15, 0.2) is 24.3 Å². The van der Waals surface area contributed by atoms with Gasteiger partial charge in [0.15, 0.2) is 0 Å². The van der Waals surface area contributed by atoms with Gasteiger partial charge in [0.1, 0.15) is 0 Å². The van der Waals surface area contributed by atoms with Crippen molar-refractivity contribution in [3.8, 4) is 0 Å². The highest BCUT2D eigenvalue weighted by Gasteiger charge is 2.53. The molecule has 158 valence electrons. The molecule has 0 amide bonds. The third-order valence-corrected chi connectivity index (χ3v) is 8.65. The summed E-state index contributed by atoms with van der Waals surface area (Å²) in [4.78, 5) is 0. The minimum absolute atomic E-state index is 0.214. The van der Waals surface area contributed by atoms with Gasteiger partial charge in [0.05, 0.1) is 0 Å². The first-order valence-electron chi connectivity index (χ1n) is 11.1. The van der Waals surface area contributed by atoms with Crippen LogP contribution in [-0.4, -0.2) is 0 Å². The molecule has 0 saturated heterocycles. The molecule has 0 radical (unpaired) electrons. The molecule has 27 heavy (non-hydrogen) atoms. The fourth-order valence-electron chi connectivity index (χ4n) is 5.52. The van der Waals surface area contributed by atoms with Crippen molar-refractivity contribution < 1.29 is 0 Å². The highest BCUT2D eigenvalue weighted by molar-refractivity contribution is 5.26. The van der Waals surface area contributed by atoms with Gasteiger partial charge in [-0.1, -0.05) is 107 Å². The van der Waals surface area contributed by atoms with E-state index in [1.165, 1.54) is 24.0 Å². The molecule has 0 aromatic rings. The first-order chi connectivity index (χ1) is 11.7. The lowest BCUT2D eigenvalue weighted by molar-refractivity contribution is -0.0602. The second kappa shape index (κ2) is 7.38. The maximum atomic E-state index is 4.48. The third-order valence-electron chi connectivity index (χ3n) is 8.65. The summed E-state index contributed by atoms with van der Waals surface area (Å²) in [6, 6.07) is 0. The van der Waals surface area contributed by atoms with Crippen LogP contribution in [0.4, 0.5) is 0 Å². The van der Waals surface area contributed by atoms with Crippen LogP contribution in [0, 0.1) is 38.9 Å². The number of hydrogen-bond acceptors (Lipinski definition) is 0. The van der Waals surface area contributed by atoms with Crippen LogP contribution in [0.5, 0.6) is 0 Å². The molecule has 0 aliphatic heterocycles. The molecule has 1 rings (SSSR count). The monoisotopic (exact) mass is 374 g/mol. The van der Waals surface area contributed by atoms with Crippen molar-refractivity contribution in [2.75, 3.05) is 0 Å². The van der Waals surface area contributed by atoms with E-state index in [1.807, 2.05) is 0 Å². The summed E-state index contributed by atoms with van der Waals surface area (Å²) >= 11 is 0. The minimum atomic E-state index is 0.214. The second-order valence-corrected chi connectivity index (χ2v) is 13.5. The van der Waals surface area contributed by atoms with Crippen LogP contribution in [0.2, 0.25) is 0 Å². The highest BCUT2D eigenvalue weighted by Crippen LogP contribution is 2.62. The van der Waals surface area contributed by atoms with E-state index in [2.05, 4.69) is 96.2 Å². The Bertz CT molecular complexity index is 558. The van der Waals surface area contributed by atoms with Crippen molar-refractivity contribution in [2.24, 2.45) is 38.9 Å². The summed E-state index contributed by atoms with van der Waals surface area (Å²) in [6.45, 7) is 38.3. The van der Waals surface area contributed by atoms with Crippen LogP contribution in [-0.2, 0) is 0 Å². The smallest absolute Gasteiger partial charge is 0.0106 e. The third kappa shape index (κ3) is 5.10. The van der Waals surface area contributed by atoms with Gasteiger partial charge in [0.25, 0.3) is 0 Å². The van der Waals surface area contributed by atoms with Gasteiger partial charge in [-0.2, -0.15) is 0 Å². The Morgan fingerprint density at radius 1 is 0.889 bits per heavy atom. The molecular formula is C27H50. The van der Waals surface area contributed by atoms with Crippen molar-refractivity contribution >= 4 is 0 Å². The fraction of sp³-hybridized carbons (Fsp3) is 0.852. The zero-order valence-corrected chi connectivity index (χ0v) is 20.9. The molecule has 0 heteroatoms. The molecule has 0 aromatic carbocycles. The van der Waals surface area contributed by atoms with Crippen molar-refractivity contribution in [1.29, 1.82) is 0 Å². The van der Waals surface area contributed by atoms with Crippen molar-refractivity contribution in [3.63, 3.8) is 0 Å². The van der Waals surface area contributed by atoms with Gasteiger partial charge in [-0.25, -0.2) is 0 Å². The lowest BCUT2D eigenvalue weighted by Gasteiger charge is -2.56. The van der Waals surface area contributed by atoms with E-state index in [0.717, 1.165) is 12.8 Å². The predicted molar refractivity (Wildman–Crippen MR) is 124 cm³/mol. The van der Waals surface area contributed by atoms with Gasteiger partial charge in [0.2, 0.25) is 0 Å². The molecule has 0 aromatic heterocycles. The molecular weight excluding hydrogens is 324 g/mol. The van der Waals surface area contributed by atoms with Gasteiger partial charge < -0.3 is 0 Å². The Morgan fingerprint density at radius 2 is 1.37 bits per heavy atom. The molecule has 1 saturated carbocycles. The average Bonchev–Trinajstić information content (AvgIpc) is 2.74. The number of hydrogen-bond donors (Lipinski definition) is 0. The quantitative estimate of drug-likeness (QED) is 0.407. The SMILES string of the molecule is C=C1CC(=C)C(C(C)(CC(C)(C)C(C)(C)C(C)CC(C)(C)C)C(C)(C)C)C1. The van der Waals surface area contributed by atoms with Crippen LogP contribution >= 0.6 is 0 Å². The lowest BCUT2D eigenvalue weighted by Crippen LogP contribution is -2.48. The van der Waals surface area contributed by atoms with Crippen molar-refractivity contribution in [1.82, 2.24) is 0 Å². The summed E-state index contributed by atoms with van der Waals surface area (Å²) in [7, 11) is 0. The molecule has 1 aliphatic carbocycles. The lowest BCUT2D eigenvalue weighted by atomic mass is 9.48. The van der Waals surface area contributed by atoms with Crippen molar-refractivity contribution in [2.45, 2.75) is 109 Å². The summed E-state index contributed by atoms with van der Waals surface area (Å²) in [5.41, 5.74) is 4.11. The molecule has 3 atom stereocenters. The highest BCUT2D eigenvalue weighted by atomic mass is 14.6. The van der Waals surface area contributed by atoms with Gasteiger partial charge in [-0.15, -0.1) is 0 Å². The van der Waals surface area contributed by atoms with E-state index in [1.54, 1.807) is 0 Å². The molecule has 0 N–H and O–H groups in total. The van der Waals surface area contributed by atoms with Gasteiger partial charge >= 0.3 is 0 Å². The maximum Gasteiger partial charge on any atom is -0.0106 e. The summed E-state index contributed by atoms with van der Waals surface area (Å²) in [5.74, 6) is 1.23. The predicted octanol–water partition coefficient (Wildman–Crippen LogP) is 9.08. The molecule has 1 aliphatic rings. The van der Waals surface area contributed by atoms with E-state index < -0.39 is 0 Å². The molecule has 1 fully saturated rings. The Kier molecular flexibility index (Phi) is 6.70. The standard InChI is InChI=1S/C27H50/c1-19-15-20(2)22(16-19)27(14,24(7,8)9)18-25(10,11)26(12,13)21(3)17-23(4,5)6/h21-22H,1-2,15-18H2,3-14H3. The molecule has 3 unspecified atom stereocenters. The summed E-state index contributed by atoms with van der Waals surface area (Å²) < 4.78 is 0. The van der Waals surface area contributed by atoms with Crippen LogP contribution < -0.4 is 0 Å². The average molecular weight is 375 g/mol. The fourth-order valence-corrected chi connectivity index (χ4v) is 5.52. The van der Waals surface area contributed by atoms with Crippen molar-refractivity contribution in [3.05, 3.63) is 24.3 Å². The van der Waals surface area contributed by atoms with Crippen LogP contribution in [0.25, 0.3) is 0 Å². The Hall–Kier alpha value is -0.520. The second-order valence-electron chi connectivity index (χ2n) is 13.5. The van der Waals surface area contributed by atoms with E-state index in [0.29, 0.717) is 17.3 Å². The molecule has 0 spiro atoms. The summed E-state index contributed by atoms with van der Waals surface area (Å²) in [5, 5.41) is 0. The van der Waals surface area contributed by atoms with Crippen LogP contribution in [0.1, 0.15) is 109 Å². The van der Waals surface area contributed by atoms with Gasteiger partial charge in [-0.05, 0) is 64.6 Å². The maximum absolute atomic E-state index is 4.48. The minimum Gasteiger partial charge on any atom is -0.0995 e. The topological polar surface area (TPSA) is 0 Å². The Balaban J connectivity index is 3.27. The first-order valence-corrected chi connectivity index (χ1v) is 11.1. The Labute approximate surface area is 172 Å². The largest absolute Gasteiger partial charge is 0.0995 e. The van der Waals surface area contributed by atoms with E-state index in [9.17, 15) is 0 Å². The van der Waals surface area contributed by atoms with E-state index >= 15 is 0 Å². The van der Waals surface area contributed by atoms with Gasteiger partial charge in [0, 0.05) is 0 Å². The zero-order valence-electron chi connectivity index (χ0n) is 20.9. The van der Waals surface area contributed by atoms with E-state index in [-0.39, 0.29) is 21.7 Å². The molecule has 0 bridgehead atoms. The zero-order chi connectivity index (χ0) is 21.6. The number of rotatable bonds is 6. The van der Waals surface area contributed by atoms with Gasteiger partial charge in [-0.3, -0.25) is 0 Å².